The van der Waals surface area contributed by atoms with Crippen molar-refractivity contribution in [1.82, 2.24) is 0 Å². The molecule has 0 radical (unpaired) electrons. The highest BCUT2D eigenvalue weighted by Crippen LogP contribution is 2.14. The van der Waals surface area contributed by atoms with E-state index in [0.717, 1.165) is 0 Å². The lowest BCUT2D eigenvalue weighted by Crippen LogP contribution is -2.15. The molecule has 0 fully saturated rings. The van der Waals surface area contributed by atoms with E-state index in [1.54, 1.807) is 0 Å². The predicted octanol–water partition coefficient (Wildman–Crippen LogP) is 4.02. The molecule has 0 aliphatic carbocycles. The number of rotatable bonds is 2. The van der Waals surface area contributed by atoms with Gasteiger partial charge in [0.2, 0.25) is 0 Å². The third-order valence-corrected chi connectivity index (χ3v) is 2.50. The molecule has 0 bridgehead atoms. The number of hydrogen-bond donors (Lipinski definition) is 0. The fourth-order valence-corrected chi connectivity index (χ4v) is 1.38. The molecule has 0 heterocycles. The zero-order chi connectivity index (χ0) is 9.83. The quantitative estimate of drug-likeness (QED) is 0.447. The molecule has 0 aliphatic rings. The van der Waals surface area contributed by atoms with Crippen molar-refractivity contribution < 1.29 is 0 Å². The Labute approximate surface area is 78.4 Å². The Morgan fingerprint density at radius 2 is 1.42 bits per heavy atom. The van der Waals surface area contributed by atoms with Crippen LogP contribution < -0.4 is 0 Å². The third-order valence-electron chi connectivity index (χ3n) is 1.30. The van der Waals surface area contributed by atoms with Gasteiger partial charge in [0.1, 0.15) is 0 Å². The molecule has 0 saturated heterocycles. The Kier molecular flexibility index (Phi) is 3.98. The molecule has 0 spiro atoms. The molecule has 0 unspecified atom stereocenters. The molecule has 0 aromatic rings. The molecular weight excluding hydrogens is 160 g/mol. The molecule has 0 aliphatic heterocycles. The Bertz CT molecular complexity index is 152. The lowest BCUT2D eigenvalue weighted by atomic mass is 9.96. The van der Waals surface area contributed by atoms with Crippen molar-refractivity contribution >= 4 is 8.07 Å². The summed E-state index contributed by atoms with van der Waals surface area (Å²) in [4.78, 5) is 0. The normalized spacial score (nSPS) is 14.8. The van der Waals surface area contributed by atoms with E-state index in [-0.39, 0.29) is 0 Å². The molecule has 0 aromatic carbocycles. The van der Waals surface area contributed by atoms with E-state index in [2.05, 4.69) is 64.3 Å². The summed E-state index contributed by atoms with van der Waals surface area (Å²) >= 11 is 0. The highest BCUT2D eigenvalue weighted by Gasteiger charge is 2.06. The molecule has 0 nitrogen and oxygen atoms in total. The second-order valence-corrected chi connectivity index (χ2v) is 10.5. The minimum Gasteiger partial charge on any atom is -0.0950 e. The smallest absolute Gasteiger partial charge is 0.0686 e. The van der Waals surface area contributed by atoms with Gasteiger partial charge in [-0.15, -0.1) is 0 Å². The molecule has 0 atom stereocenters. The van der Waals surface area contributed by atoms with E-state index >= 15 is 0 Å². The van der Waals surface area contributed by atoms with Crippen molar-refractivity contribution in [2.75, 3.05) is 0 Å². The van der Waals surface area contributed by atoms with E-state index < -0.39 is 8.07 Å². The van der Waals surface area contributed by atoms with Gasteiger partial charge in [-0.1, -0.05) is 64.3 Å². The fraction of sp³-hybridized carbons (Fsp3) is 0.636. The first kappa shape index (κ1) is 11.7. The molecule has 0 rings (SSSR count). The van der Waals surface area contributed by atoms with Crippen LogP contribution in [0.4, 0.5) is 0 Å². The van der Waals surface area contributed by atoms with Gasteiger partial charge >= 0.3 is 0 Å². The minimum atomic E-state index is -0.985. The molecule has 0 N–H and O–H groups in total. The Balaban J connectivity index is 4.00. The van der Waals surface area contributed by atoms with E-state index in [9.17, 15) is 0 Å². The van der Waals surface area contributed by atoms with Crippen LogP contribution in [-0.2, 0) is 0 Å². The zero-order valence-corrected chi connectivity index (χ0v) is 10.3. The summed E-state index contributed by atoms with van der Waals surface area (Å²) < 4.78 is 0. The van der Waals surface area contributed by atoms with Crippen LogP contribution in [0.15, 0.2) is 23.9 Å². The summed E-state index contributed by atoms with van der Waals surface area (Å²) in [5, 5.41) is 0. The van der Waals surface area contributed by atoms with Crippen LogP contribution in [-0.4, -0.2) is 8.07 Å². The predicted molar refractivity (Wildman–Crippen MR) is 61.1 cm³/mol. The Morgan fingerprint density at radius 1 is 0.917 bits per heavy atom. The standard InChI is InChI=1S/C11H22Si/c1-11(2,3)9-7-8-10-12(4,5)6/h7-10H,1-6H3/b9-7+,10-8+. The third kappa shape index (κ3) is 9.70. The SMILES string of the molecule is CC(C)(C)/C=C/C=C/[Si](C)(C)C. The maximum atomic E-state index is 2.36. The Morgan fingerprint density at radius 3 is 1.75 bits per heavy atom. The highest BCUT2D eigenvalue weighted by atomic mass is 28.3. The Hall–Kier alpha value is -0.303. The van der Waals surface area contributed by atoms with Gasteiger partial charge in [0.15, 0.2) is 0 Å². The fourth-order valence-electron chi connectivity index (χ4n) is 0.688. The van der Waals surface area contributed by atoms with Gasteiger partial charge in [0.25, 0.3) is 0 Å². The van der Waals surface area contributed by atoms with Crippen LogP contribution in [0.3, 0.4) is 0 Å². The summed E-state index contributed by atoms with van der Waals surface area (Å²) in [6.45, 7) is 13.7. The molecular formula is C11H22Si. The second-order valence-electron chi connectivity index (χ2n) is 5.45. The van der Waals surface area contributed by atoms with Gasteiger partial charge in [-0.3, -0.25) is 0 Å². The summed E-state index contributed by atoms with van der Waals surface area (Å²) in [5.41, 5.74) is 2.67. The van der Waals surface area contributed by atoms with Crippen LogP contribution in [0.1, 0.15) is 20.8 Å². The summed E-state index contributed by atoms with van der Waals surface area (Å²) in [5.74, 6) is 0. The number of hydrogen-bond acceptors (Lipinski definition) is 0. The summed E-state index contributed by atoms with van der Waals surface area (Å²) in [6.07, 6.45) is 6.60. The minimum absolute atomic E-state index is 0.309. The van der Waals surface area contributed by atoms with Gasteiger partial charge < -0.3 is 0 Å². The van der Waals surface area contributed by atoms with Gasteiger partial charge in [0.05, 0.1) is 8.07 Å². The molecule has 0 aromatic heterocycles. The molecule has 12 heavy (non-hydrogen) atoms. The van der Waals surface area contributed by atoms with Gasteiger partial charge in [-0.2, -0.15) is 0 Å². The van der Waals surface area contributed by atoms with Crippen LogP contribution in [0.5, 0.6) is 0 Å². The first-order chi connectivity index (χ1) is 5.21. The van der Waals surface area contributed by atoms with Crippen molar-refractivity contribution in [3.63, 3.8) is 0 Å². The summed E-state index contributed by atoms with van der Waals surface area (Å²) in [7, 11) is -0.985. The van der Waals surface area contributed by atoms with Gasteiger partial charge in [-0.25, -0.2) is 0 Å². The van der Waals surface area contributed by atoms with E-state index in [0.29, 0.717) is 5.41 Å². The van der Waals surface area contributed by atoms with Crippen molar-refractivity contribution in [3.05, 3.63) is 23.9 Å². The maximum absolute atomic E-state index is 2.36. The average molecular weight is 182 g/mol. The molecule has 0 saturated carbocycles. The van der Waals surface area contributed by atoms with Crippen LogP contribution in [0.2, 0.25) is 19.6 Å². The van der Waals surface area contributed by atoms with Crippen molar-refractivity contribution in [3.8, 4) is 0 Å². The van der Waals surface area contributed by atoms with E-state index in [1.165, 1.54) is 0 Å². The maximum Gasteiger partial charge on any atom is 0.0686 e. The van der Waals surface area contributed by atoms with Gasteiger partial charge in [0, 0.05) is 0 Å². The van der Waals surface area contributed by atoms with Crippen LogP contribution in [0, 0.1) is 5.41 Å². The summed E-state index contributed by atoms with van der Waals surface area (Å²) in [6, 6.07) is 0. The van der Waals surface area contributed by atoms with E-state index in [4.69, 9.17) is 0 Å². The lowest BCUT2D eigenvalue weighted by Gasteiger charge is -2.10. The second kappa shape index (κ2) is 4.08. The van der Waals surface area contributed by atoms with Gasteiger partial charge in [-0.05, 0) is 5.41 Å². The first-order valence-electron chi connectivity index (χ1n) is 4.58. The lowest BCUT2D eigenvalue weighted by molar-refractivity contribution is 0.544. The van der Waals surface area contributed by atoms with Crippen molar-refractivity contribution in [2.24, 2.45) is 5.41 Å². The van der Waals surface area contributed by atoms with Crippen LogP contribution >= 0.6 is 0 Å². The number of allylic oxidation sites excluding steroid dienone is 3. The average Bonchev–Trinajstić information content (AvgIpc) is 1.76. The molecule has 70 valence electrons. The monoisotopic (exact) mass is 182 g/mol. The van der Waals surface area contributed by atoms with Crippen LogP contribution in [0.25, 0.3) is 0 Å². The van der Waals surface area contributed by atoms with E-state index in [1.807, 2.05) is 0 Å². The molecule has 0 amide bonds. The first-order valence-corrected chi connectivity index (χ1v) is 8.15. The molecule has 1 heteroatoms. The van der Waals surface area contributed by atoms with Crippen molar-refractivity contribution in [2.45, 2.75) is 40.4 Å². The highest BCUT2D eigenvalue weighted by molar-refractivity contribution is 6.80. The van der Waals surface area contributed by atoms with Crippen molar-refractivity contribution in [1.29, 1.82) is 0 Å². The largest absolute Gasteiger partial charge is 0.0950 e. The topological polar surface area (TPSA) is 0 Å². The zero-order valence-electron chi connectivity index (χ0n) is 9.31.